The minimum absolute atomic E-state index is 0.221. The number of hydrogen-bond acceptors (Lipinski definition) is 3. The second-order valence-electron chi connectivity index (χ2n) is 3.96. The van der Waals surface area contributed by atoms with Gasteiger partial charge >= 0.3 is 0 Å². The fourth-order valence-corrected chi connectivity index (χ4v) is 1.84. The van der Waals surface area contributed by atoms with Gasteiger partial charge in [-0.15, -0.1) is 0 Å². The molecule has 3 unspecified atom stereocenters. The van der Waals surface area contributed by atoms with Crippen LogP contribution in [0.25, 0.3) is 0 Å². The second-order valence-corrected chi connectivity index (χ2v) is 3.96. The van der Waals surface area contributed by atoms with E-state index in [1.54, 1.807) is 12.4 Å². The number of nitrogens with zero attached hydrogens (tertiary/aromatic N) is 1. The molecule has 1 saturated heterocycles. The van der Waals surface area contributed by atoms with Crippen LogP contribution in [-0.4, -0.2) is 17.2 Å². The zero-order valence-corrected chi connectivity index (χ0v) is 9.22. The molecule has 0 radical (unpaired) electrons. The van der Waals surface area contributed by atoms with Gasteiger partial charge in [0.1, 0.15) is 0 Å². The molecule has 1 aliphatic heterocycles. The summed E-state index contributed by atoms with van der Waals surface area (Å²) in [5.41, 5.74) is 1.05. The van der Waals surface area contributed by atoms with Crippen LogP contribution in [0.3, 0.4) is 0 Å². The lowest BCUT2D eigenvalue weighted by Gasteiger charge is -2.34. The number of ether oxygens (including phenoxy) is 2. The van der Waals surface area contributed by atoms with E-state index in [0.29, 0.717) is 6.10 Å². The van der Waals surface area contributed by atoms with Crippen molar-refractivity contribution in [2.75, 3.05) is 0 Å². The van der Waals surface area contributed by atoms with Crippen LogP contribution in [0.2, 0.25) is 0 Å². The third-order valence-corrected chi connectivity index (χ3v) is 2.70. The number of hydrogen-bond donors (Lipinski definition) is 0. The zero-order valence-electron chi connectivity index (χ0n) is 9.22. The van der Waals surface area contributed by atoms with E-state index < -0.39 is 0 Å². The third-order valence-electron chi connectivity index (χ3n) is 2.70. The Labute approximate surface area is 90.4 Å². The van der Waals surface area contributed by atoms with Gasteiger partial charge in [-0.1, -0.05) is 6.92 Å². The van der Waals surface area contributed by atoms with Crippen molar-refractivity contribution in [2.24, 2.45) is 0 Å². The normalized spacial score (nSPS) is 31.5. The summed E-state index contributed by atoms with van der Waals surface area (Å²) in [6.07, 6.45) is 5.91. The summed E-state index contributed by atoms with van der Waals surface area (Å²) in [4.78, 5) is 3.99. The highest BCUT2D eigenvalue weighted by Crippen LogP contribution is 2.30. The number of rotatable bonds is 2. The van der Waals surface area contributed by atoms with Crippen molar-refractivity contribution in [3.05, 3.63) is 30.1 Å². The topological polar surface area (TPSA) is 31.4 Å². The SMILES string of the molecule is CCC1CC(C)OC(c2ccncc2)O1. The van der Waals surface area contributed by atoms with E-state index in [9.17, 15) is 0 Å². The summed E-state index contributed by atoms with van der Waals surface area (Å²) < 4.78 is 11.6. The molecule has 3 nitrogen and oxygen atoms in total. The Bertz CT molecular complexity index is 302. The maximum Gasteiger partial charge on any atom is 0.184 e. The van der Waals surface area contributed by atoms with E-state index in [-0.39, 0.29) is 12.4 Å². The van der Waals surface area contributed by atoms with Crippen LogP contribution in [0.4, 0.5) is 0 Å². The first-order valence-corrected chi connectivity index (χ1v) is 5.50. The van der Waals surface area contributed by atoms with E-state index in [1.807, 2.05) is 12.1 Å². The molecule has 0 saturated carbocycles. The lowest BCUT2D eigenvalue weighted by Crippen LogP contribution is -2.31. The van der Waals surface area contributed by atoms with Crippen LogP contribution in [-0.2, 0) is 9.47 Å². The molecule has 3 atom stereocenters. The molecule has 0 aliphatic carbocycles. The molecule has 3 heteroatoms. The quantitative estimate of drug-likeness (QED) is 0.747. The highest BCUT2D eigenvalue weighted by atomic mass is 16.7. The zero-order chi connectivity index (χ0) is 10.7. The van der Waals surface area contributed by atoms with Gasteiger partial charge in [-0.2, -0.15) is 0 Å². The standard InChI is InChI=1S/C12H17NO2/c1-3-11-8-9(2)14-12(15-11)10-4-6-13-7-5-10/h4-7,9,11-12H,3,8H2,1-2H3. The molecular formula is C12H17NO2. The fraction of sp³-hybridized carbons (Fsp3) is 0.583. The Hall–Kier alpha value is -0.930. The molecule has 1 aromatic rings. The van der Waals surface area contributed by atoms with Crippen LogP contribution >= 0.6 is 0 Å². The van der Waals surface area contributed by atoms with Gasteiger partial charge in [-0.3, -0.25) is 4.98 Å². The van der Waals surface area contributed by atoms with Crippen LogP contribution < -0.4 is 0 Å². The van der Waals surface area contributed by atoms with Gasteiger partial charge < -0.3 is 9.47 Å². The van der Waals surface area contributed by atoms with Crippen molar-refractivity contribution in [1.29, 1.82) is 0 Å². The number of aromatic nitrogens is 1. The predicted octanol–water partition coefficient (Wildman–Crippen LogP) is 2.68. The Balaban J connectivity index is 2.09. The molecule has 1 aliphatic rings. The van der Waals surface area contributed by atoms with Gasteiger partial charge in [0, 0.05) is 18.0 Å². The first-order chi connectivity index (χ1) is 7.29. The largest absolute Gasteiger partial charge is 0.345 e. The molecule has 0 aromatic carbocycles. The molecule has 15 heavy (non-hydrogen) atoms. The Morgan fingerprint density at radius 3 is 2.73 bits per heavy atom. The summed E-state index contributed by atoms with van der Waals surface area (Å²) in [5, 5.41) is 0. The van der Waals surface area contributed by atoms with Gasteiger partial charge in [-0.05, 0) is 31.9 Å². The van der Waals surface area contributed by atoms with Crippen molar-refractivity contribution in [2.45, 2.75) is 45.2 Å². The fourth-order valence-electron chi connectivity index (χ4n) is 1.84. The maximum atomic E-state index is 5.84. The van der Waals surface area contributed by atoms with Gasteiger partial charge in [0.15, 0.2) is 6.29 Å². The summed E-state index contributed by atoms with van der Waals surface area (Å²) in [6.45, 7) is 4.24. The van der Waals surface area contributed by atoms with E-state index in [1.165, 1.54) is 0 Å². The smallest absolute Gasteiger partial charge is 0.184 e. The average Bonchev–Trinajstić information content (AvgIpc) is 2.29. The van der Waals surface area contributed by atoms with Crippen molar-refractivity contribution >= 4 is 0 Å². The molecule has 82 valence electrons. The lowest BCUT2D eigenvalue weighted by molar-refractivity contribution is -0.243. The Morgan fingerprint density at radius 2 is 2.07 bits per heavy atom. The van der Waals surface area contributed by atoms with Crippen molar-refractivity contribution in [1.82, 2.24) is 4.98 Å². The van der Waals surface area contributed by atoms with Crippen LogP contribution in [0.1, 0.15) is 38.5 Å². The molecule has 0 bridgehead atoms. The van der Waals surface area contributed by atoms with Gasteiger partial charge in [0.25, 0.3) is 0 Å². The molecular weight excluding hydrogens is 190 g/mol. The predicted molar refractivity (Wildman–Crippen MR) is 57.3 cm³/mol. The van der Waals surface area contributed by atoms with E-state index in [4.69, 9.17) is 9.47 Å². The highest BCUT2D eigenvalue weighted by molar-refractivity contribution is 5.11. The molecule has 1 fully saturated rings. The minimum Gasteiger partial charge on any atom is -0.345 e. The molecule has 2 heterocycles. The van der Waals surface area contributed by atoms with Crippen molar-refractivity contribution < 1.29 is 9.47 Å². The van der Waals surface area contributed by atoms with Crippen LogP contribution in [0, 0.1) is 0 Å². The van der Waals surface area contributed by atoms with E-state index in [0.717, 1.165) is 18.4 Å². The number of pyridine rings is 1. The maximum absolute atomic E-state index is 5.84. The Morgan fingerprint density at radius 1 is 1.33 bits per heavy atom. The lowest BCUT2D eigenvalue weighted by atomic mass is 10.1. The summed E-state index contributed by atoms with van der Waals surface area (Å²) in [6, 6.07) is 3.88. The van der Waals surface area contributed by atoms with Crippen LogP contribution in [0.5, 0.6) is 0 Å². The van der Waals surface area contributed by atoms with Crippen molar-refractivity contribution in [3.8, 4) is 0 Å². The third kappa shape index (κ3) is 2.55. The van der Waals surface area contributed by atoms with Gasteiger partial charge in [0.05, 0.1) is 12.2 Å². The monoisotopic (exact) mass is 207 g/mol. The summed E-state index contributed by atoms with van der Waals surface area (Å²) in [7, 11) is 0. The second kappa shape index (κ2) is 4.73. The first kappa shape index (κ1) is 10.6. The summed E-state index contributed by atoms with van der Waals surface area (Å²) in [5.74, 6) is 0. The van der Waals surface area contributed by atoms with E-state index >= 15 is 0 Å². The van der Waals surface area contributed by atoms with Gasteiger partial charge in [-0.25, -0.2) is 0 Å². The minimum atomic E-state index is -0.221. The molecule has 2 rings (SSSR count). The van der Waals surface area contributed by atoms with Crippen molar-refractivity contribution in [3.63, 3.8) is 0 Å². The summed E-state index contributed by atoms with van der Waals surface area (Å²) >= 11 is 0. The first-order valence-electron chi connectivity index (χ1n) is 5.50. The molecule has 0 N–H and O–H groups in total. The van der Waals surface area contributed by atoms with Gasteiger partial charge in [0.2, 0.25) is 0 Å². The Kier molecular flexibility index (Phi) is 3.34. The van der Waals surface area contributed by atoms with Crippen LogP contribution in [0.15, 0.2) is 24.5 Å². The molecule has 1 aromatic heterocycles. The molecule has 0 amide bonds. The average molecular weight is 207 g/mol. The molecule has 0 spiro atoms. The highest BCUT2D eigenvalue weighted by Gasteiger charge is 2.27. The van der Waals surface area contributed by atoms with E-state index in [2.05, 4.69) is 18.8 Å².